The SMILES string of the molecule is CC(=O)c1ccc(NC(=S)N2CCCC3=C[C@@H]4C[C@H](CN5CCCC[C@H]45)[C@@H]32)cc1. The van der Waals surface area contributed by atoms with E-state index in [1.165, 1.54) is 51.6 Å². The first-order chi connectivity index (χ1) is 14.1. The zero-order valence-corrected chi connectivity index (χ0v) is 18.1. The summed E-state index contributed by atoms with van der Waals surface area (Å²) < 4.78 is 0. The van der Waals surface area contributed by atoms with Gasteiger partial charge in [-0.25, -0.2) is 0 Å². The van der Waals surface area contributed by atoms with Crippen LogP contribution in [0.3, 0.4) is 0 Å². The van der Waals surface area contributed by atoms with Gasteiger partial charge < -0.3 is 10.2 Å². The lowest BCUT2D eigenvalue weighted by Gasteiger charge is -2.55. The minimum Gasteiger partial charge on any atom is -0.342 e. The first-order valence-electron chi connectivity index (χ1n) is 11.2. The number of benzene rings is 1. The lowest BCUT2D eigenvalue weighted by atomic mass is 9.68. The van der Waals surface area contributed by atoms with Gasteiger partial charge in [0.2, 0.25) is 0 Å². The molecule has 0 unspecified atom stereocenters. The molecule has 4 aliphatic rings. The zero-order chi connectivity index (χ0) is 20.0. The van der Waals surface area contributed by atoms with Crippen LogP contribution in [0.1, 0.15) is 55.8 Å². The van der Waals surface area contributed by atoms with Crippen molar-refractivity contribution in [1.82, 2.24) is 9.80 Å². The van der Waals surface area contributed by atoms with E-state index in [9.17, 15) is 4.79 Å². The third-order valence-corrected chi connectivity index (χ3v) is 7.80. The molecule has 1 aromatic carbocycles. The number of carbonyl (C=O) groups excluding carboxylic acids is 1. The van der Waals surface area contributed by atoms with Crippen LogP contribution in [0.5, 0.6) is 0 Å². The van der Waals surface area contributed by atoms with E-state index in [1.54, 1.807) is 12.5 Å². The first-order valence-corrected chi connectivity index (χ1v) is 11.6. The maximum Gasteiger partial charge on any atom is 0.173 e. The molecule has 0 amide bonds. The molecule has 0 spiro atoms. The Kier molecular flexibility index (Phi) is 5.21. The Labute approximate surface area is 179 Å². The summed E-state index contributed by atoms with van der Waals surface area (Å²) >= 11 is 5.88. The number of ketones is 1. The van der Waals surface area contributed by atoms with E-state index in [0.717, 1.165) is 34.9 Å². The number of piperidine rings is 3. The van der Waals surface area contributed by atoms with Crippen molar-refractivity contribution in [3.63, 3.8) is 0 Å². The molecule has 3 saturated heterocycles. The number of likely N-dealkylation sites (tertiary alicyclic amines) is 1. The summed E-state index contributed by atoms with van der Waals surface area (Å²) in [5, 5.41) is 4.28. The van der Waals surface area contributed by atoms with Gasteiger partial charge in [0.05, 0.1) is 6.04 Å². The van der Waals surface area contributed by atoms with Gasteiger partial charge in [-0.15, -0.1) is 0 Å². The molecular weight excluding hydrogens is 378 g/mol. The van der Waals surface area contributed by atoms with Crippen LogP contribution in [0.15, 0.2) is 35.9 Å². The average Bonchev–Trinajstić information content (AvgIpc) is 2.74. The molecule has 1 N–H and O–H groups in total. The molecule has 4 atom stereocenters. The Hall–Kier alpha value is -1.72. The van der Waals surface area contributed by atoms with Crippen LogP contribution in [0.2, 0.25) is 0 Å². The summed E-state index contributed by atoms with van der Waals surface area (Å²) in [4.78, 5) is 16.8. The number of hydrogen-bond donors (Lipinski definition) is 1. The molecule has 3 heterocycles. The Morgan fingerprint density at radius 3 is 2.76 bits per heavy atom. The minimum atomic E-state index is 0.0926. The molecular formula is C24H31N3OS. The summed E-state index contributed by atoms with van der Waals surface area (Å²) in [5.41, 5.74) is 3.34. The minimum absolute atomic E-state index is 0.0926. The van der Waals surface area contributed by atoms with Crippen molar-refractivity contribution in [2.24, 2.45) is 11.8 Å². The summed E-state index contributed by atoms with van der Waals surface area (Å²) in [7, 11) is 0. The van der Waals surface area contributed by atoms with Gasteiger partial charge in [0, 0.05) is 30.4 Å². The third-order valence-electron chi connectivity index (χ3n) is 7.46. The quantitative estimate of drug-likeness (QED) is 0.443. The smallest absolute Gasteiger partial charge is 0.173 e. The number of nitrogens with zero attached hydrogens (tertiary/aromatic N) is 2. The highest BCUT2D eigenvalue weighted by molar-refractivity contribution is 7.80. The predicted octanol–water partition coefficient (Wildman–Crippen LogP) is 4.48. The number of hydrogen-bond acceptors (Lipinski definition) is 3. The molecule has 0 aromatic heterocycles. The number of carbonyl (C=O) groups is 1. The van der Waals surface area contributed by atoms with E-state index in [0.29, 0.717) is 12.0 Å². The van der Waals surface area contributed by atoms with Crippen LogP contribution in [-0.2, 0) is 0 Å². The van der Waals surface area contributed by atoms with Crippen molar-refractivity contribution < 1.29 is 4.79 Å². The highest BCUT2D eigenvalue weighted by Crippen LogP contribution is 2.45. The number of nitrogens with one attached hydrogen (secondary N) is 1. The van der Waals surface area contributed by atoms with Crippen molar-refractivity contribution in [3.8, 4) is 0 Å². The number of thiocarbonyl (C=S) groups is 1. The lowest BCUT2D eigenvalue weighted by Crippen LogP contribution is -2.60. The molecule has 3 fully saturated rings. The van der Waals surface area contributed by atoms with Gasteiger partial charge in [-0.2, -0.15) is 0 Å². The molecule has 154 valence electrons. The van der Waals surface area contributed by atoms with Crippen molar-refractivity contribution in [3.05, 3.63) is 41.5 Å². The van der Waals surface area contributed by atoms with Crippen molar-refractivity contribution in [2.45, 2.75) is 57.5 Å². The molecule has 1 aromatic rings. The summed E-state index contributed by atoms with van der Waals surface area (Å²) in [5.74, 6) is 1.53. The summed E-state index contributed by atoms with van der Waals surface area (Å²) in [6.07, 6.45) is 10.5. The molecule has 0 radical (unpaired) electrons. The standard InChI is InChI=1S/C24H31N3OS/c1-16(28)17-7-9-21(10-8-17)25-24(29)27-12-4-5-18-13-19-14-20(23(18)27)15-26-11-3-2-6-22(19)26/h7-10,13,19-20,22-23H,2-6,11-12,14-15H2,1H3,(H,25,29)/t19-,20-,22-,23-/m1/s1. The van der Waals surface area contributed by atoms with E-state index in [4.69, 9.17) is 12.2 Å². The van der Waals surface area contributed by atoms with Crippen molar-refractivity contribution >= 4 is 28.8 Å². The van der Waals surface area contributed by atoms with E-state index < -0.39 is 0 Å². The van der Waals surface area contributed by atoms with Gasteiger partial charge in [0.1, 0.15) is 0 Å². The van der Waals surface area contributed by atoms with Crippen LogP contribution in [0.4, 0.5) is 5.69 Å². The molecule has 2 bridgehead atoms. The van der Waals surface area contributed by atoms with Gasteiger partial charge in [-0.1, -0.05) is 18.1 Å². The number of Topliss-reactive ketones (excluding diaryl/α,β-unsaturated/α-hetero) is 1. The van der Waals surface area contributed by atoms with Gasteiger partial charge in [0.15, 0.2) is 10.9 Å². The number of fused-ring (bicyclic) bond motifs is 6. The van der Waals surface area contributed by atoms with Crippen molar-refractivity contribution in [1.29, 1.82) is 0 Å². The molecule has 3 aliphatic heterocycles. The molecule has 1 aliphatic carbocycles. The average molecular weight is 410 g/mol. The van der Waals surface area contributed by atoms with Crippen LogP contribution < -0.4 is 5.32 Å². The normalized spacial score (nSPS) is 31.3. The van der Waals surface area contributed by atoms with Gasteiger partial charge in [-0.3, -0.25) is 9.69 Å². The zero-order valence-electron chi connectivity index (χ0n) is 17.3. The second kappa shape index (κ2) is 7.84. The highest BCUT2D eigenvalue weighted by atomic mass is 32.1. The second-order valence-corrected chi connectivity index (χ2v) is 9.65. The lowest BCUT2D eigenvalue weighted by molar-refractivity contribution is 0.0132. The largest absolute Gasteiger partial charge is 0.342 e. The van der Waals surface area contributed by atoms with Crippen molar-refractivity contribution in [2.75, 3.05) is 25.0 Å². The third kappa shape index (κ3) is 3.64. The Bertz CT molecular complexity index is 833. The number of rotatable bonds is 2. The van der Waals surface area contributed by atoms with Crippen LogP contribution in [0.25, 0.3) is 0 Å². The highest BCUT2D eigenvalue weighted by Gasteiger charge is 2.46. The molecule has 5 rings (SSSR count). The second-order valence-electron chi connectivity index (χ2n) is 9.26. The van der Waals surface area contributed by atoms with E-state index >= 15 is 0 Å². The molecule has 0 saturated carbocycles. The fraction of sp³-hybridized carbons (Fsp3) is 0.583. The van der Waals surface area contributed by atoms with Crippen LogP contribution in [0, 0.1) is 11.8 Å². The van der Waals surface area contributed by atoms with E-state index in [-0.39, 0.29) is 5.78 Å². The monoisotopic (exact) mass is 409 g/mol. The van der Waals surface area contributed by atoms with Crippen LogP contribution in [-0.4, -0.2) is 52.4 Å². The Balaban J connectivity index is 1.35. The van der Waals surface area contributed by atoms with Gasteiger partial charge >= 0.3 is 0 Å². The van der Waals surface area contributed by atoms with E-state index in [1.807, 2.05) is 24.3 Å². The predicted molar refractivity (Wildman–Crippen MR) is 121 cm³/mol. The molecule has 29 heavy (non-hydrogen) atoms. The molecule has 5 heteroatoms. The first kappa shape index (κ1) is 19.3. The van der Waals surface area contributed by atoms with Gasteiger partial charge in [-0.05, 0) is 93.9 Å². The maximum absolute atomic E-state index is 11.5. The van der Waals surface area contributed by atoms with Gasteiger partial charge in [0.25, 0.3) is 0 Å². The molecule has 4 nitrogen and oxygen atoms in total. The fourth-order valence-corrected chi connectivity index (χ4v) is 6.51. The van der Waals surface area contributed by atoms with Crippen LogP contribution >= 0.6 is 12.2 Å². The number of anilines is 1. The Morgan fingerprint density at radius 1 is 1.14 bits per heavy atom. The summed E-state index contributed by atoms with van der Waals surface area (Å²) in [6.45, 7) is 5.14. The fourth-order valence-electron chi connectivity index (χ4n) is 6.18. The maximum atomic E-state index is 11.5. The summed E-state index contributed by atoms with van der Waals surface area (Å²) in [6, 6.07) is 8.90. The topological polar surface area (TPSA) is 35.6 Å². The van der Waals surface area contributed by atoms with E-state index in [2.05, 4.69) is 21.2 Å². The Morgan fingerprint density at radius 2 is 1.97 bits per heavy atom.